The molecule has 2 N–H and O–H groups in total. The predicted molar refractivity (Wildman–Crippen MR) is 63.0 cm³/mol. The fourth-order valence-electron chi connectivity index (χ4n) is 3.50. The van der Waals surface area contributed by atoms with Crippen molar-refractivity contribution >= 4 is 5.91 Å². The van der Waals surface area contributed by atoms with E-state index in [9.17, 15) is 4.79 Å². The van der Waals surface area contributed by atoms with Gasteiger partial charge >= 0.3 is 0 Å². The molecule has 16 heavy (non-hydrogen) atoms. The zero-order valence-electron chi connectivity index (χ0n) is 9.87. The van der Waals surface area contributed by atoms with Crippen molar-refractivity contribution in [3.8, 4) is 0 Å². The maximum absolute atomic E-state index is 11.5. The van der Waals surface area contributed by atoms with Crippen molar-refractivity contribution in [1.29, 1.82) is 0 Å². The number of nitrogens with one attached hydrogen (secondary N) is 2. The second kappa shape index (κ2) is 4.36. The molecule has 0 aromatic rings. The van der Waals surface area contributed by atoms with E-state index in [-0.39, 0.29) is 5.91 Å². The third kappa shape index (κ3) is 2.40. The molecule has 3 saturated carbocycles. The van der Waals surface area contributed by atoms with Gasteiger partial charge in [-0.1, -0.05) is 6.42 Å². The molecule has 0 radical (unpaired) electrons. The van der Waals surface area contributed by atoms with Gasteiger partial charge in [-0.15, -0.1) is 0 Å². The van der Waals surface area contributed by atoms with Gasteiger partial charge in [-0.05, 0) is 56.4 Å². The van der Waals surface area contributed by atoms with Gasteiger partial charge in [-0.2, -0.15) is 0 Å². The topological polar surface area (TPSA) is 41.1 Å². The summed E-state index contributed by atoms with van der Waals surface area (Å²) in [6.07, 6.45) is 8.12. The summed E-state index contributed by atoms with van der Waals surface area (Å²) in [4.78, 5) is 11.5. The highest BCUT2D eigenvalue weighted by Gasteiger charge is 2.38. The molecule has 90 valence electrons. The zero-order chi connectivity index (χ0) is 11.0. The summed E-state index contributed by atoms with van der Waals surface area (Å²) in [5, 5.41) is 6.34. The van der Waals surface area contributed by atoms with Crippen LogP contribution in [0.3, 0.4) is 0 Å². The lowest BCUT2D eigenvalue weighted by molar-refractivity contribution is -0.120. The lowest BCUT2D eigenvalue weighted by atomic mass is 9.89. The maximum Gasteiger partial charge on any atom is 0.234 e. The summed E-state index contributed by atoms with van der Waals surface area (Å²) in [6.45, 7) is 1.57. The van der Waals surface area contributed by atoms with Crippen LogP contribution in [0.15, 0.2) is 0 Å². The lowest BCUT2D eigenvalue weighted by Gasteiger charge is -2.21. The van der Waals surface area contributed by atoms with E-state index in [1.807, 2.05) is 0 Å². The molecule has 3 atom stereocenters. The van der Waals surface area contributed by atoms with Gasteiger partial charge in [-0.3, -0.25) is 4.79 Å². The number of carbonyl (C=O) groups is 1. The fraction of sp³-hybridized carbons (Fsp3) is 0.923. The van der Waals surface area contributed by atoms with E-state index < -0.39 is 0 Å². The Bertz CT molecular complexity index is 275. The summed E-state index contributed by atoms with van der Waals surface area (Å²) in [7, 11) is 0. The lowest BCUT2D eigenvalue weighted by Crippen LogP contribution is -2.37. The number of hydrogen-bond donors (Lipinski definition) is 2. The Balaban J connectivity index is 1.32. The SMILES string of the molecule is O=C(CNCC1CC2CCC1C2)NC1CC1. The highest BCUT2D eigenvalue weighted by Crippen LogP contribution is 2.47. The number of rotatable bonds is 5. The minimum atomic E-state index is 0.186. The average molecular weight is 222 g/mol. The van der Waals surface area contributed by atoms with Crippen molar-refractivity contribution in [2.75, 3.05) is 13.1 Å². The monoisotopic (exact) mass is 222 g/mol. The van der Waals surface area contributed by atoms with Crippen molar-refractivity contribution < 1.29 is 4.79 Å². The molecule has 0 aromatic heterocycles. The van der Waals surface area contributed by atoms with Crippen LogP contribution in [-0.2, 0) is 4.79 Å². The van der Waals surface area contributed by atoms with E-state index >= 15 is 0 Å². The third-order valence-corrected chi connectivity index (χ3v) is 4.52. The molecule has 3 heteroatoms. The van der Waals surface area contributed by atoms with Crippen molar-refractivity contribution in [2.45, 2.75) is 44.6 Å². The van der Waals surface area contributed by atoms with Crippen LogP contribution in [0.5, 0.6) is 0 Å². The maximum atomic E-state index is 11.5. The van der Waals surface area contributed by atoms with Crippen LogP contribution in [-0.4, -0.2) is 25.0 Å². The zero-order valence-corrected chi connectivity index (χ0v) is 9.87. The number of carbonyl (C=O) groups excluding carboxylic acids is 1. The van der Waals surface area contributed by atoms with Crippen molar-refractivity contribution in [2.24, 2.45) is 17.8 Å². The van der Waals surface area contributed by atoms with Crippen LogP contribution in [0, 0.1) is 17.8 Å². The van der Waals surface area contributed by atoms with Gasteiger partial charge < -0.3 is 10.6 Å². The van der Waals surface area contributed by atoms with Crippen LogP contribution >= 0.6 is 0 Å². The first-order valence-electron chi connectivity index (χ1n) is 6.81. The third-order valence-electron chi connectivity index (χ3n) is 4.52. The van der Waals surface area contributed by atoms with Crippen molar-refractivity contribution in [1.82, 2.24) is 10.6 Å². The molecular formula is C13H22N2O. The molecule has 0 saturated heterocycles. The molecule has 1 amide bonds. The van der Waals surface area contributed by atoms with E-state index in [1.54, 1.807) is 0 Å². The largest absolute Gasteiger partial charge is 0.352 e. The fourth-order valence-corrected chi connectivity index (χ4v) is 3.50. The van der Waals surface area contributed by atoms with Crippen LogP contribution in [0.4, 0.5) is 0 Å². The van der Waals surface area contributed by atoms with Gasteiger partial charge in [0.1, 0.15) is 0 Å². The molecule has 0 spiro atoms. The van der Waals surface area contributed by atoms with Gasteiger partial charge in [0, 0.05) is 6.04 Å². The smallest absolute Gasteiger partial charge is 0.234 e. The molecule has 0 aromatic carbocycles. The second-order valence-corrected chi connectivity index (χ2v) is 5.91. The second-order valence-electron chi connectivity index (χ2n) is 5.91. The molecular weight excluding hydrogens is 200 g/mol. The number of hydrogen-bond acceptors (Lipinski definition) is 2. The molecule has 3 nitrogen and oxygen atoms in total. The van der Waals surface area contributed by atoms with Crippen LogP contribution in [0.25, 0.3) is 0 Å². The summed E-state index contributed by atoms with van der Waals surface area (Å²) >= 11 is 0. The predicted octanol–water partition coefficient (Wildman–Crippen LogP) is 1.29. The van der Waals surface area contributed by atoms with E-state index in [2.05, 4.69) is 10.6 Å². The van der Waals surface area contributed by atoms with Gasteiger partial charge in [0.25, 0.3) is 0 Å². The molecule has 3 aliphatic rings. The Morgan fingerprint density at radius 2 is 2.00 bits per heavy atom. The molecule has 0 aliphatic heterocycles. The standard InChI is InChI=1S/C13H22N2O/c16-13(15-12-3-4-12)8-14-7-11-6-9-1-2-10(11)5-9/h9-12,14H,1-8H2,(H,15,16). The summed E-state index contributed by atoms with van der Waals surface area (Å²) < 4.78 is 0. The van der Waals surface area contributed by atoms with Gasteiger partial charge in [0.2, 0.25) is 5.91 Å². The first kappa shape index (κ1) is 10.6. The van der Waals surface area contributed by atoms with Crippen molar-refractivity contribution in [3.63, 3.8) is 0 Å². The first-order chi connectivity index (χ1) is 7.81. The summed E-state index contributed by atoms with van der Waals surface area (Å²) in [5.74, 6) is 3.01. The Hall–Kier alpha value is -0.570. The Kier molecular flexibility index (Phi) is 2.88. The highest BCUT2D eigenvalue weighted by molar-refractivity contribution is 5.78. The van der Waals surface area contributed by atoms with Gasteiger partial charge in [0.15, 0.2) is 0 Å². The minimum Gasteiger partial charge on any atom is -0.352 e. The van der Waals surface area contributed by atoms with Crippen LogP contribution in [0.2, 0.25) is 0 Å². The normalized spacial score (nSPS) is 36.6. The summed E-state index contributed by atoms with van der Waals surface area (Å²) in [6, 6.07) is 0.497. The summed E-state index contributed by atoms with van der Waals surface area (Å²) in [5.41, 5.74) is 0. The Labute approximate surface area is 97.4 Å². The highest BCUT2D eigenvalue weighted by atomic mass is 16.2. The van der Waals surface area contributed by atoms with Crippen molar-refractivity contribution in [3.05, 3.63) is 0 Å². The van der Waals surface area contributed by atoms with E-state index in [0.717, 1.165) is 24.3 Å². The van der Waals surface area contributed by atoms with Gasteiger partial charge in [0.05, 0.1) is 6.54 Å². The molecule has 3 unspecified atom stereocenters. The number of amides is 1. The number of fused-ring (bicyclic) bond motifs is 2. The molecule has 3 aliphatic carbocycles. The molecule has 2 bridgehead atoms. The van der Waals surface area contributed by atoms with Crippen LogP contribution in [0.1, 0.15) is 38.5 Å². The first-order valence-corrected chi connectivity index (χ1v) is 6.81. The quantitative estimate of drug-likeness (QED) is 0.736. The molecule has 0 heterocycles. The van der Waals surface area contributed by atoms with E-state index in [4.69, 9.17) is 0 Å². The molecule has 3 fully saturated rings. The molecule has 3 rings (SSSR count). The van der Waals surface area contributed by atoms with E-state index in [0.29, 0.717) is 12.6 Å². The Morgan fingerprint density at radius 3 is 2.62 bits per heavy atom. The Morgan fingerprint density at radius 1 is 1.12 bits per heavy atom. The van der Waals surface area contributed by atoms with E-state index in [1.165, 1.54) is 38.5 Å². The minimum absolute atomic E-state index is 0.186. The average Bonchev–Trinajstić information content (AvgIpc) is 2.84. The van der Waals surface area contributed by atoms with Gasteiger partial charge in [-0.25, -0.2) is 0 Å². The van der Waals surface area contributed by atoms with Crippen LogP contribution < -0.4 is 10.6 Å².